The van der Waals surface area contributed by atoms with Crippen LogP contribution in [-0.2, 0) is 0 Å². The summed E-state index contributed by atoms with van der Waals surface area (Å²) in [4.78, 5) is 4.79. The van der Waals surface area contributed by atoms with Crippen LogP contribution in [0.5, 0.6) is 0 Å². The molecular formula is C11H16N2S. The smallest absolute Gasteiger partial charge is 0.0972 e. The van der Waals surface area contributed by atoms with E-state index in [1.165, 1.54) is 42.9 Å². The Kier molecular flexibility index (Phi) is 2.30. The van der Waals surface area contributed by atoms with Crippen molar-refractivity contribution in [2.75, 3.05) is 13.1 Å². The van der Waals surface area contributed by atoms with Crippen molar-refractivity contribution in [2.45, 2.75) is 37.5 Å². The summed E-state index contributed by atoms with van der Waals surface area (Å²) in [5, 5.41) is 7.07. The van der Waals surface area contributed by atoms with Gasteiger partial charge in [-0.2, -0.15) is 0 Å². The van der Waals surface area contributed by atoms with Crippen LogP contribution in [0.15, 0.2) is 5.38 Å². The zero-order valence-corrected chi connectivity index (χ0v) is 9.15. The second-order valence-corrected chi connectivity index (χ2v) is 5.32. The Bertz CT molecular complexity index is 311. The highest BCUT2D eigenvalue weighted by molar-refractivity contribution is 7.09. The third-order valence-electron chi connectivity index (χ3n) is 3.47. The molecule has 0 bridgehead atoms. The summed E-state index contributed by atoms with van der Waals surface area (Å²) in [7, 11) is 0. The molecule has 3 heteroatoms. The molecule has 2 nitrogen and oxygen atoms in total. The molecule has 76 valence electrons. The highest BCUT2D eigenvalue weighted by atomic mass is 32.1. The molecule has 1 aliphatic heterocycles. The van der Waals surface area contributed by atoms with Crippen LogP contribution in [0.4, 0.5) is 0 Å². The van der Waals surface area contributed by atoms with E-state index in [0.717, 1.165) is 12.5 Å². The van der Waals surface area contributed by atoms with E-state index in [4.69, 9.17) is 4.98 Å². The quantitative estimate of drug-likeness (QED) is 0.807. The van der Waals surface area contributed by atoms with Gasteiger partial charge in [0.25, 0.3) is 0 Å². The van der Waals surface area contributed by atoms with E-state index >= 15 is 0 Å². The largest absolute Gasteiger partial charge is 0.316 e. The molecule has 1 unspecified atom stereocenters. The molecule has 14 heavy (non-hydrogen) atoms. The highest BCUT2D eigenvalue weighted by Gasteiger charge is 2.25. The fraction of sp³-hybridized carbons (Fsp3) is 0.727. The van der Waals surface area contributed by atoms with Gasteiger partial charge in [0.15, 0.2) is 0 Å². The normalized spacial score (nSPS) is 27.9. The highest BCUT2D eigenvalue weighted by Crippen LogP contribution is 2.38. The number of thiazole rings is 1. The number of nitrogens with zero attached hydrogens (tertiary/aromatic N) is 1. The number of hydrogen-bond acceptors (Lipinski definition) is 3. The summed E-state index contributed by atoms with van der Waals surface area (Å²) in [6, 6.07) is 0. The summed E-state index contributed by atoms with van der Waals surface area (Å²) >= 11 is 1.87. The van der Waals surface area contributed by atoms with Gasteiger partial charge in [0.05, 0.1) is 10.7 Å². The van der Waals surface area contributed by atoms with Gasteiger partial charge in [-0.05, 0) is 25.8 Å². The summed E-state index contributed by atoms with van der Waals surface area (Å²) in [6.07, 6.45) is 5.41. The van der Waals surface area contributed by atoms with Gasteiger partial charge in [-0.25, -0.2) is 4.98 Å². The Morgan fingerprint density at radius 2 is 2.21 bits per heavy atom. The summed E-state index contributed by atoms with van der Waals surface area (Å²) in [5.41, 5.74) is 1.38. The van der Waals surface area contributed by atoms with Gasteiger partial charge in [0, 0.05) is 23.8 Å². The second kappa shape index (κ2) is 3.63. The van der Waals surface area contributed by atoms with Gasteiger partial charge >= 0.3 is 0 Å². The van der Waals surface area contributed by atoms with E-state index in [9.17, 15) is 0 Å². The minimum absolute atomic E-state index is 0.703. The SMILES string of the molecule is c1sc(C2CCNC2)nc1C1CCC1. The molecule has 0 radical (unpaired) electrons. The van der Waals surface area contributed by atoms with Crippen LogP contribution in [0.25, 0.3) is 0 Å². The van der Waals surface area contributed by atoms with Crippen molar-refractivity contribution >= 4 is 11.3 Å². The van der Waals surface area contributed by atoms with Crippen LogP contribution in [0.1, 0.15) is 48.2 Å². The van der Waals surface area contributed by atoms with Crippen LogP contribution in [0.2, 0.25) is 0 Å². The van der Waals surface area contributed by atoms with Gasteiger partial charge in [-0.15, -0.1) is 11.3 Å². The van der Waals surface area contributed by atoms with Crippen molar-refractivity contribution in [1.82, 2.24) is 10.3 Å². The van der Waals surface area contributed by atoms with Crippen molar-refractivity contribution in [3.63, 3.8) is 0 Å². The van der Waals surface area contributed by atoms with Crippen molar-refractivity contribution in [3.8, 4) is 0 Å². The van der Waals surface area contributed by atoms with Crippen molar-refractivity contribution in [2.24, 2.45) is 0 Å². The molecule has 1 aromatic heterocycles. The number of aromatic nitrogens is 1. The molecule has 2 aliphatic rings. The number of nitrogens with one attached hydrogen (secondary N) is 1. The van der Waals surface area contributed by atoms with Crippen molar-refractivity contribution in [1.29, 1.82) is 0 Å². The third kappa shape index (κ3) is 1.48. The Morgan fingerprint density at radius 3 is 2.86 bits per heavy atom. The van der Waals surface area contributed by atoms with Gasteiger partial charge in [0.1, 0.15) is 0 Å². The molecule has 1 atom stereocenters. The molecule has 0 amide bonds. The first-order valence-electron chi connectivity index (χ1n) is 5.59. The van der Waals surface area contributed by atoms with Crippen LogP contribution >= 0.6 is 11.3 Å². The van der Waals surface area contributed by atoms with Gasteiger partial charge in [-0.3, -0.25) is 0 Å². The molecule has 1 saturated carbocycles. The minimum atomic E-state index is 0.703. The fourth-order valence-corrected chi connectivity index (χ4v) is 3.28. The van der Waals surface area contributed by atoms with Gasteiger partial charge in [0.2, 0.25) is 0 Å². The summed E-state index contributed by atoms with van der Waals surface area (Å²) in [5.74, 6) is 1.50. The predicted octanol–water partition coefficient (Wildman–Crippen LogP) is 2.49. The average Bonchev–Trinajstić information content (AvgIpc) is 2.65. The van der Waals surface area contributed by atoms with Crippen LogP contribution in [0, 0.1) is 0 Å². The second-order valence-electron chi connectivity index (χ2n) is 4.43. The van der Waals surface area contributed by atoms with E-state index in [2.05, 4.69) is 10.7 Å². The Hall–Kier alpha value is -0.410. The molecule has 3 rings (SSSR count). The summed E-state index contributed by atoms with van der Waals surface area (Å²) < 4.78 is 0. The average molecular weight is 208 g/mol. The first-order chi connectivity index (χ1) is 6.93. The zero-order valence-electron chi connectivity index (χ0n) is 8.33. The Balaban J connectivity index is 1.75. The molecular weight excluding hydrogens is 192 g/mol. The molecule has 2 fully saturated rings. The monoisotopic (exact) mass is 208 g/mol. The van der Waals surface area contributed by atoms with E-state index < -0.39 is 0 Å². The maximum atomic E-state index is 4.79. The van der Waals surface area contributed by atoms with E-state index in [1.807, 2.05) is 11.3 Å². The molecule has 1 aromatic rings. The first kappa shape index (κ1) is 8.86. The lowest BCUT2D eigenvalue weighted by molar-refractivity contribution is 0.411. The Labute approximate surface area is 88.7 Å². The van der Waals surface area contributed by atoms with Crippen LogP contribution in [0.3, 0.4) is 0 Å². The van der Waals surface area contributed by atoms with E-state index in [1.54, 1.807) is 0 Å². The minimum Gasteiger partial charge on any atom is -0.316 e. The topological polar surface area (TPSA) is 24.9 Å². The summed E-state index contributed by atoms with van der Waals surface area (Å²) in [6.45, 7) is 2.31. The van der Waals surface area contributed by atoms with E-state index in [-0.39, 0.29) is 0 Å². The number of rotatable bonds is 2. The lowest BCUT2D eigenvalue weighted by Crippen LogP contribution is -2.10. The van der Waals surface area contributed by atoms with Crippen molar-refractivity contribution in [3.05, 3.63) is 16.1 Å². The molecule has 0 spiro atoms. The lowest BCUT2D eigenvalue weighted by Gasteiger charge is -2.23. The predicted molar refractivity (Wildman–Crippen MR) is 58.9 cm³/mol. The van der Waals surface area contributed by atoms with E-state index in [0.29, 0.717) is 5.92 Å². The van der Waals surface area contributed by atoms with Gasteiger partial charge < -0.3 is 5.32 Å². The standard InChI is InChI=1S/C11H16N2S/c1-2-8(3-1)10-7-14-11(13-10)9-4-5-12-6-9/h7-9,12H,1-6H2. The zero-order chi connectivity index (χ0) is 9.38. The molecule has 1 saturated heterocycles. The third-order valence-corrected chi connectivity index (χ3v) is 4.50. The molecule has 2 heterocycles. The molecule has 1 aliphatic carbocycles. The van der Waals surface area contributed by atoms with Crippen LogP contribution in [-0.4, -0.2) is 18.1 Å². The van der Waals surface area contributed by atoms with Gasteiger partial charge in [-0.1, -0.05) is 6.42 Å². The molecule has 0 aromatic carbocycles. The molecule has 1 N–H and O–H groups in total. The fourth-order valence-electron chi connectivity index (χ4n) is 2.25. The lowest BCUT2D eigenvalue weighted by atomic mass is 9.83. The maximum absolute atomic E-state index is 4.79. The Morgan fingerprint density at radius 1 is 1.29 bits per heavy atom. The first-order valence-corrected chi connectivity index (χ1v) is 6.47. The maximum Gasteiger partial charge on any atom is 0.0972 e. The van der Waals surface area contributed by atoms with Crippen molar-refractivity contribution < 1.29 is 0 Å². The number of hydrogen-bond donors (Lipinski definition) is 1. The van der Waals surface area contributed by atoms with Crippen LogP contribution < -0.4 is 5.32 Å².